The van der Waals surface area contributed by atoms with Crippen LogP contribution < -0.4 is 5.32 Å². The van der Waals surface area contributed by atoms with Crippen LogP contribution in [0.4, 0.5) is 13.2 Å². The van der Waals surface area contributed by atoms with E-state index in [4.69, 9.17) is 5.11 Å². The molecule has 2 rings (SSSR count). The number of hydrogen-bond donors (Lipinski definition) is 2. The summed E-state index contributed by atoms with van der Waals surface area (Å²) in [6.07, 6.45) is -4.61. The average molecular weight is 358 g/mol. The van der Waals surface area contributed by atoms with Crippen molar-refractivity contribution in [3.63, 3.8) is 0 Å². The second-order valence-corrected chi connectivity index (χ2v) is 6.36. The van der Waals surface area contributed by atoms with Gasteiger partial charge < -0.3 is 10.4 Å². The minimum atomic E-state index is -4.61. The van der Waals surface area contributed by atoms with Gasteiger partial charge in [0, 0.05) is 13.1 Å². The zero-order chi connectivity index (χ0) is 18.8. The van der Waals surface area contributed by atoms with E-state index in [2.05, 4.69) is 5.32 Å². The minimum Gasteiger partial charge on any atom is -0.481 e. The number of nitrogens with zero attached hydrogens (tertiary/aromatic N) is 1. The lowest BCUT2D eigenvalue weighted by molar-refractivity contribution is -0.188. The SMILES string of the molecule is CC(NC(=O)C(C)N1C[C@@H](C(F)(F)F)[C@H](C(=O)O)C1)c1ccccc1. The van der Waals surface area contributed by atoms with Crippen LogP contribution in [-0.2, 0) is 9.59 Å². The Hall–Kier alpha value is -2.09. The summed E-state index contributed by atoms with van der Waals surface area (Å²) in [5.41, 5.74) is 0.876. The van der Waals surface area contributed by atoms with Crippen LogP contribution in [0.25, 0.3) is 0 Å². The molecule has 1 aromatic rings. The second kappa shape index (κ2) is 7.43. The van der Waals surface area contributed by atoms with Crippen LogP contribution in [0.5, 0.6) is 0 Å². The zero-order valence-corrected chi connectivity index (χ0v) is 14.0. The normalized spacial score (nSPS) is 23.9. The Labute approximate surface area is 143 Å². The van der Waals surface area contributed by atoms with Gasteiger partial charge in [-0.25, -0.2) is 0 Å². The summed E-state index contributed by atoms with van der Waals surface area (Å²) in [5, 5.41) is 11.8. The van der Waals surface area contributed by atoms with E-state index in [0.29, 0.717) is 0 Å². The third-order valence-corrected chi connectivity index (χ3v) is 4.67. The number of rotatable bonds is 5. The third-order valence-electron chi connectivity index (χ3n) is 4.67. The van der Waals surface area contributed by atoms with E-state index in [9.17, 15) is 22.8 Å². The van der Waals surface area contributed by atoms with E-state index < -0.39 is 42.5 Å². The van der Waals surface area contributed by atoms with Crippen molar-refractivity contribution in [1.29, 1.82) is 0 Å². The van der Waals surface area contributed by atoms with Gasteiger partial charge in [-0.1, -0.05) is 30.3 Å². The van der Waals surface area contributed by atoms with Gasteiger partial charge in [0.05, 0.1) is 23.9 Å². The molecule has 1 fully saturated rings. The van der Waals surface area contributed by atoms with Gasteiger partial charge in [-0.3, -0.25) is 14.5 Å². The van der Waals surface area contributed by atoms with E-state index in [-0.39, 0.29) is 12.6 Å². The molecule has 1 heterocycles. The number of carbonyl (C=O) groups is 2. The maximum atomic E-state index is 13.0. The lowest BCUT2D eigenvalue weighted by Crippen LogP contribution is -2.45. The zero-order valence-electron chi connectivity index (χ0n) is 14.0. The summed E-state index contributed by atoms with van der Waals surface area (Å²) in [6, 6.07) is 8.03. The first-order valence-corrected chi connectivity index (χ1v) is 8.00. The Balaban J connectivity index is 2.03. The molecule has 0 aromatic heterocycles. The number of carboxylic acid groups (broad SMARTS) is 1. The first-order chi connectivity index (χ1) is 11.6. The van der Waals surface area contributed by atoms with Crippen LogP contribution in [0, 0.1) is 11.8 Å². The number of hydrogen-bond acceptors (Lipinski definition) is 3. The van der Waals surface area contributed by atoms with Gasteiger partial charge in [0.15, 0.2) is 0 Å². The van der Waals surface area contributed by atoms with Crippen LogP contribution in [0.2, 0.25) is 0 Å². The first kappa shape index (κ1) is 19.2. The summed E-state index contributed by atoms with van der Waals surface area (Å²) in [7, 11) is 0. The molecule has 0 bridgehead atoms. The molecule has 138 valence electrons. The molecule has 1 aliphatic rings. The Morgan fingerprint density at radius 3 is 2.28 bits per heavy atom. The van der Waals surface area contributed by atoms with Crippen molar-refractivity contribution in [3.8, 4) is 0 Å². The van der Waals surface area contributed by atoms with Gasteiger partial charge in [-0.15, -0.1) is 0 Å². The Kier molecular flexibility index (Phi) is 5.72. The van der Waals surface area contributed by atoms with Crippen molar-refractivity contribution < 1.29 is 27.9 Å². The van der Waals surface area contributed by atoms with Gasteiger partial charge in [-0.05, 0) is 19.4 Å². The van der Waals surface area contributed by atoms with E-state index in [0.717, 1.165) is 5.56 Å². The number of aliphatic carboxylic acids is 1. The molecule has 0 saturated carbocycles. The molecule has 0 aliphatic carbocycles. The number of benzene rings is 1. The molecule has 4 atom stereocenters. The molecule has 1 aliphatic heterocycles. The molecule has 1 saturated heterocycles. The summed E-state index contributed by atoms with van der Waals surface area (Å²) < 4.78 is 39.1. The van der Waals surface area contributed by atoms with Crippen molar-refractivity contribution >= 4 is 11.9 Å². The molecule has 1 aromatic carbocycles. The topological polar surface area (TPSA) is 69.6 Å². The molecule has 1 amide bonds. The first-order valence-electron chi connectivity index (χ1n) is 8.00. The van der Waals surface area contributed by atoms with E-state index in [1.807, 2.05) is 30.3 Å². The van der Waals surface area contributed by atoms with Gasteiger partial charge >= 0.3 is 12.1 Å². The van der Waals surface area contributed by atoms with Crippen molar-refractivity contribution in [2.75, 3.05) is 13.1 Å². The van der Waals surface area contributed by atoms with Gasteiger partial charge in [-0.2, -0.15) is 13.2 Å². The van der Waals surface area contributed by atoms with E-state index >= 15 is 0 Å². The fourth-order valence-corrected chi connectivity index (χ4v) is 3.06. The molecule has 2 N–H and O–H groups in total. The Morgan fingerprint density at radius 2 is 1.80 bits per heavy atom. The number of carboxylic acids is 1. The maximum absolute atomic E-state index is 13.0. The molecule has 8 heteroatoms. The average Bonchev–Trinajstić information content (AvgIpc) is 3.00. The fourth-order valence-electron chi connectivity index (χ4n) is 3.06. The highest BCUT2D eigenvalue weighted by molar-refractivity contribution is 5.82. The van der Waals surface area contributed by atoms with Crippen LogP contribution in [-0.4, -0.2) is 47.2 Å². The number of amides is 1. The van der Waals surface area contributed by atoms with E-state index in [1.165, 1.54) is 11.8 Å². The lowest BCUT2D eigenvalue weighted by atomic mass is 9.96. The van der Waals surface area contributed by atoms with E-state index in [1.54, 1.807) is 6.92 Å². The van der Waals surface area contributed by atoms with Gasteiger partial charge in [0.1, 0.15) is 0 Å². The Bertz CT molecular complexity index is 621. The molecular weight excluding hydrogens is 337 g/mol. The predicted octanol–water partition coefficient (Wildman–Crippen LogP) is 2.45. The van der Waals surface area contributed by atoms with Crippen LogP contribution in [0.3, 0.4) is 0 Å². The van der Waals surface area contributed by atoms with Crippen LogP contribution >= 0.6 is 0 Å². The quantitative estimate of drug-likeness (QED) is 0.848. The second-order valence-electron chi connectivity index (χ2n) is 6.36. The largest absolute Gasteiger partial charge is 0.481 e. The maximum Gasteiger partial charge on any atom is 0.393 e. The molecule has 5 nitrogen and oxygen atoms in total. The smallest absolute Gasteiger partial charge is 0.393 e. The molecule has 2 unspecified atom stereocenters. The Morgan fingerprint density at radius 1 is 1.20 bits per heavy atom. The number of halogens is 3. The summed E-state index contributed by atoms with van der Waals surface area (Å²) in [5.74, 6) is -5.44. The van der Waals surface area contributed by atoms with Crippen LogP contribution in [0.1, 0.15) is 25.5 Å². The standard InChI is InChI=1S/C17H21F3N2O3/c1-10(12-6-4-3-5-7-12)21-15(23)11(2)22-8-13(16(24)25)14(9-22)17(18,19)20/h3-7,10-11,13-14H,8-9H2,1-2H3,(H,21,23)(H,24,25)/t10?,11?,13-,14-/m1/s1. The number of alkyl halides is 3. The molecule has 0 radical (unpaired) electrons. The number of carbonyl (C=O) groups excluding carboxylic acids is 1. The monoisotopic (exact) mass is 358 g/mol. The fraction of sp³-hybridized carbons (Fsp3) is 0.529. The van der Waals surface area contributed by atoms with Crippen molar-refractivity contribution in [3.05, 3.63) is 35.9 Å². The van der Waals surface area contributed by atoms with Crippen molar-refractivity contribution in [2.45, 2.75) is 32.1 Å². The summed E-state index contributed by atoms with van der Waals surface area (Å²) in [4.78, 5) is 24.8. The van der Waals surface area contributed by atoms with Crippen LogP contribution in [0.15, 0.2) is 30.3 Å². The third kappa shape index (κ3) is 4.50. The van der Waals surface area contributed by atoms with Crippen molar-refractivity contribution in [2.24, 2.45) is 11.8 Å². The summed E-state index contributed by atoms with van der Waals surface area (Å²) in [6.45, 7) is 2.48. The number of likely N-dealkylation sites (tertiary alicyclic amines) is 1. The number of nitrogens with one attached hydrogen (secondary N) is 1. The lowest BCUT2D eigenvalue weighted by Gasteiger charge is -2.25. The minimum absolute atomic E-state index is 0.298. The molecule has 0 spiro atoms. The van der Waals surface area contributed by atoms with Crippen molar-refractivity contribution in [1.82, 2.24) is 10.2 Å². The highest BCUT2D eigenvalue weighted by Crippen LogP contribution is 2.38. The van der Waals surface area contributed by atoms with Gasteiger partial charge in [0.2, 0.25) is 5.91 Å². The molecular formula is C17H21F3N2O3. The molecule has 25 heavy (non-hydrogen) atoms. The highest BCUT2D eigenvalue weighted by Gasteiger charge is 2.53. The predicted molar refractivity (Wildman–Crippen MR) is 84.7 cm³/mol. The summed E-state index contributed by atoms with van der Waals surface area (Å²) >= 11 is 0. The highest BCUT2D eigenvalue weighted by atomic mass is 19.4. The van der Waals surface area contributed by atoms with Gasteiger partial charge in [0.25, 0.3) is 0 Å².